The van der Waals surface area contributed by atoms with E-state index >= 15 is 0 Å². The fraction of sp³-hybridized carbons (Fsp3) is 0.500. The molecule has 0 spiro atoms. The molecular weight excluding hydrogens is 244 g/mol. The Bertz CT molecular complexity index is 437. The molecule has 1 atom stereocenters. The van der Waals surface area contributed by atoms with Gasteiger partial charge in [-0.2, -0.15) is 0 Å². The summed E-state index contributed by atoms with van der Waals surface area (Å²) in [4.78, 5) is 0. The first-order valence-electron chi connectivity index (χ1n) is 6.81. The van der Waals surface area contributed by atoms with Crippen LogP contribution in [0.5, 0.6) is 0 Å². The van der Waals surface area contributed by atoms with Gasteiger partial charge in [0.25, 0.3) is 0 Å². The number of aryl methyl sites for hydroxylation is 1. The smallest absolute Gasteiger partial charge is 0.100 e. The Kier molecular flexibility index (Phi) is 4.85. The average Bonchev–Trinajstić information content (AvgIpc) is 2.31. The summed E-state index contributed by atoms with van der Waals surface area (Å²) in [6.45, 7) is 2.03. The lowest BCUT2D eigenvalue weighted by molar-refractivity contribution is 0.208. The highest BCUT2D eigenvalue weighted by atomic mass is 35.5. The van der Waals surface area contributed by atoms with E-state index in [1.54, 1.807) is 0 Å². The van der Waals surface area contributed by atoms with Gasteiger partial charge in [0, 0.05) is 5.02 Å². The maximum absolute atomic E-state index is 10.5. The maximum atomic E-state index is 10.5. The summed E-state index contributed by atoms with van der Waals surface area (Å²) in [6, 6.07) is 5.74. The molecule has 0 saturated carbocycles. The molecule has 2 rings (SSSR count). The minimum atomic E-state index is -0.484. The van der Waals surface area contributed by atoms with Crippen LogP contribution in [0.4, 0.5) is 0 Å². The van der Waals surface area contributed by atoms with Crippen molar-refractivity contribution in [1.82, 2.24) is 0 Å². The molecule has 2 heteroatoms. The van der Waals surface area contributed by atoms with Gasteiger partial charge in [-0.15, -0.1) is 0 Å². The van der Waals surface area contributed by atoms with Gasteiger partial charge in [-0.3, -0.25) is 0 Å². The van der Waals surface area contributed by atoms with Crippen molar-refractivity contribution in [2.24, 2.45) is 0 Å². The SMILES string of the molecule is Cc1ccc(Cl)cc1C(O)/C1=C/CCCCCC1. The first-order chi connectivity index (χ1) is 8.68. The summed E-state index contributed by atoms with van der Waals surface area (Å²) >= 11 is 6.03. The molecule has 0 aromatic heterocycles. The molecule has 1 aliphatic carbocycles. The number of halogens is 1. The van der Waals surface area contributed by atoms with Crippen LogP contribution in [0.25, 0.3) is 0 Å². The molecule has 1 nitrogen and oxygen atoms in total. The zero-order valence-corrected chi connectivity index (χ0v) is 11.7. The maximum Gasteiger partial charge on any atom is 0.100 e. The summed E-state index contributed by atoms with van der Waals surface area (Å²) in [6.07, 6.45) is 8.85. The average molecular weight is 265 g/mol. The van der Waals surface area contributed by atoms with Crippen molar-refractivity contribution >= 4 is 11.6 Å². The van der Waals surface area contributed by atoms with Gasteiger partial charge in [-0.05, 0) is 61.4 Å². The Hall–Kier alpha value is -0.790. The van der Waals surface area contributed by atoms with Crippen molar-refractivity contribution < 1.29 is 5.11 Å². The van der Waals surface area contributed by atoms with Crippen LogP contribution in [0.1, 0.15) is 55.8 Å². The predicted molar refractivity (Wildman–Crippen MR) is 76.9 cm³/mol. The predicted octanol–water partition coefficient (Wildman–Crippen LogP) is 4.96. The van der Waals surface area contributed by atoms with Crippen molar-refractivity contribution in [2.75, 3.05) is 0 Å². The molecule has 0 bridgehead atoms. The van der Waals surface area contributed by atoms with E-state index in [4.69, 9.17) is 11.6 Å². The normalized spacial score (nSPS) is 21.6. The van der Waals surface area contributed by atoms with Crippen molar-refractivity contribution in [3.8, 4) is 0 Å². The van der Waals surface area contributed by atoms with Crippen molar-refractivity contribution in [2.45, 2.75) is 51.6 Å². The van der Waals surface area contributed by atoms with Crippen LogP contribution in [0.3, 0.4) is 0 Å². The van der Waals surface area contributed by atoms with Crippen LogP contribution in [0, 0.1) is 6.92 Å². The second-order valence-electron chi connectivity index (χ2n) is 5.14. The van der Waals surface area contributed by atoms with E-state index in [1.807, 2.05) is 25.1 Å². The summed E-state index contributed by atoms with van der Waals surface area (Å²) in [7, 11) is 0. The Morgan fingerprint density at radius 1 is 1.17 bits per heavy atom. The van der Waals surface area contributed by atoms with Gasteiger partial charge >= 0.3 is 0 Å². The number of rotatable bonds is 2. The summed E-state index contributed by atoms with van der Waals surface area (Å²) in [5, 5.41) is 11.2. The van der Waals surface area contributed by atoms with Gasteiger partial charge in [-0.25, -0.2) is 0 Å². The van der Waals surface area contributed by atoms with E-state index < -0.39 is 6.10 Å². The highest BCUT2D eigenvalue weighted by Gasteiger charge is 2.16. The second kappa shape index (κ2) is 6.40. The van der Waals surface area contributed by atoms with Gasteiger partial charge in [0.1, 0.15) is 6.10 Å². The van der Waals surface area contributed by atoms with Gasteiger partial charge in [0.05, 0.1) is 0 Å². The van der Waals surface area contributed by atoms with Gasteiger partial charge in [0.15, 0.2) is 0 Å². The third-order valence-electron chi connectivity index (χ3n) is 3.71. The van der Waals surface area contributed by atoms with E-state index in [1.165, 1.54) is 31.3 Å². The van der Waals surface area contributed by atoms with Crippen LogP contribution in [-0.2, 0) is 0 Å². The van der Waals surface area contributed by atoms with Gasteiger partial charge in [0.2, 0.25) is 0 Å². The number of hydrogen-bond donors (Lipinski definition) is 1. The lowest BCUT2D eigenvalue weighted by Crippen LogP contribution is -2.05. The molecule has 0 saturated heterocycles. The summed E-state index contributed by atoms with van der Waals surface area (Å²) < 4.78 is 0. The highest BCUT2D eigenvalue weighted by molar-refractivity contribution is 6.30. The minimum absolute atomic E-state index is 0.484. The second-order valence-corrected chi connectivity index (χ2v) is 5.57. The van der Waals surface area contributed by atoms with E-state index in [0.717, 1.165) is 24.0 Å². The molecule has 98 valence electrons. The van der Waals surface area contributed by atoms with Crippen LogP contribution >= 0.6 is 11.6 Å². The van der Waals surface area contributed by atoms with Gasteiger partial charge < -0.3 is 5.11 Å². The molecule has 0 amide bonds. The fourth-order valence-electron chi connectivity index (χ4n) is 2.57. The zero-order valence-electron chi connectivity index (χ0n) is 11.0. The number of benzene rings is 1. The minimum Gasteiger partial charge on any atom is -0.384 e. The number of hydrogen-bond acceptors (Lipinski definition) is 1. The third-order valence-corrected chi connectivity index (χ3v) is 3.95. The molecule has 1 aliphatic rings. The van der Waals surface area contributed by atoms with E-state index in [-0.39, 0.29) is 0 Å². The summed E-state index contributed by atoms with van der Waals surface area (Å²) in [5.41, 5.74) is 3.23. The van der Waals surface area contributed by atoms with Crippen molar-refractivity contribution in [3.63, 3.8) is 0 Å². The number of aliphatic hydroxyl groups excluding tert-OH is 1. The topological polar surface area (TPSA) is 20.2 Å². The first kappa shape index (κ1) is 13.6. The zero-order chi connectivity index (χ0) is 13.0. The van der Waals surface area contributed by atoms with Crippen LogP contribution in [0.2, 0.25) is 5.02 Å². The molecule has 18 heavy (non-hydrogen) atoms. The Balaban J connectivity index is 2.23. The Morgan fingerprint density at radius 3 is 2.78 bits per heavy atom. The molecule has 1 unspecified atom stereocenters. The largest absolute Gasteiger partial charge is 0.384 e. The van der Waals surface area contributed by atoms with Gasteiger partial charge in [-0.1, -0.05) is 36.6 Å². The van der Waals surface area contributed by atoms with E-state index in [9.17, 15) is 5.11 Å². The van der Waals surface area contributed by atoms with E-state index in [2.05, 4.69) is 6.08 Å². The molecule has 0 heterocycles. The molecule has 0 radical (unpaired) electrons. The first-order valence-corrected chi connectivity index (χ1v) is 7.19. The fourth-order valence-corrected chi connectivity index (χ4v) is 2.75. The molecule has 1 aromatic rings. The Labute approximate surface area is 114 Å². The monoisotopic (exact) mass is 264 g/mol. The highest BCUT2D eigenvalue weighted by Crippen LogP contribution is 2.31. The van der Waals surface area contributed by atoms with Crippen molar-refractivity contribution in [1.29, 1.82) is 0 Å². The Morgan fingerprint density at radius 2 is 1.94 bits per heavy atom. The van der Waals surface area contributed by atoms with Crippen LogP contribution < -0.4 is 0 Å². The standard InChI is InChI=1S/C16H21ClO/c1-12-9-10-14(17)11-15(12)16(18)13-7-5-3-2-4-6-8-13/h7,9-11,16,18H,2-6,8H2,1H3/b13-7+. The molecule has 1 N–H and O–H groups in total. The van der Waals surface area contributed by atoms with Crippen molar-refractivity contribution in [3.05, 3.63) is 46.0 Å². The van der Waals surface area contributed by atoms with Crippen LogP contribution in [0.15, 0.2) is 29.8 Å². The number of aliphatic hydroxyl groups is 1. The van der Waals surface area contributed by atoms with Crippen LogP contribution in [-0.4, -0.2) is 5.11 Å². The lowest BCUT2D eigenvalue weighted by atomic mass is 9.91. The molecular formula is C16H21ClO. The third kappa shape index (κ3) is 3.37. The summed E-state index contributed by atoms with van der Waals surface area (Å²) in [5.74, 6) is 0. The quantitative estimate of drug-likeness (QED) is 0.749. The molecule has 1 aromatic carbocycles. The lowest BCUT2D eigenvalue weighted by Gasteiger charge is -2.19. The molecule has 0 fully saturated rings. The molecule has 0 aliphatic heterocycles. The number of allylic oxidation sites excluding steroid dienone is 1. The van der Waals surface area contributed by atoms with E-state index in [0.29, 0.717) is 5.02 Å².